The Bertz CT molecular complexity index is 916. The van der Waals surface area contributed by atoms with Crippen LogP contribution in [0, 0.1) is 0 Å². The zero-order chi connectivity index (χ0) is 17.1. The Morgan fingerprint density at radius 1 is 1.21 bits per heavy atom. The molecular weight excluding hydrogens is 344 g/mol. The summed E-state index contributed by atoms with van der Waals surface area (Å²) in [4.78, 5) is 12.9. The molecule has 0 fully saturated rings. The number of hydrazone groups is 1. The van der Waals surface area contributed by atoms with Crippen LogP contribution in [0.2, 0.25) is 5.02 Å². The molecule has 0 bridgehead atoms. The zero-order valence-corrected chi connectivity index (χ0v) is 14.5. The number of carbonyl (C=O) groups excluding carboxylic acids is 1. The second-order valence-electron chi connectivity index (χ2n) is 5.14. The summed E-state index contributed by atoms with van der Waals surface area (Å²) in [7, 11) is 0. The number of hydrogen-bond acceptors (Lipinski definition) is 4. The highest BCUT2D eigenvalue weighted by atomic mass is 35.5. The Hall–Kier alpha value is -2.37. The van der Waals surface area contributed by atoms with Crippen LogP contribution in [0.4, 0.5) is 0 Å². The summed E-state index contributed by atoms with van der Waals surface area (Å²) in [6.45, 7) is 1.95. The van der Waals surface area contributed by atoms with Gasteiger partial charge in [0.05, 0.1) is 10.7 Å². The monoisotopic (exact) mass is 358 g/mol. The number of nitrogens with one attached hydrogen (secondary N) is 1. The molecule has 24 heavy (non-hydrogen) atoms. The van der Waals surface area contributed by atoms with Gasteiger partial charge in [0, 0.05) is 10.1 Å². The average Bonchev–Trinajstić information content (AvgIpc) is 2.94. The van der Waals surface area contributed by atoms with Crippen LogP contribution in [0.3, 0.4) is 0 Å². The maximum atomic E-state index is 12.4. The smallest absolute Gasteiger partial charge is 0.283 e. The number of halogens is 1. The SMILES string of the molecule is CC/C(=N\NC(=O)c1sc2ccccc2c1Cl)c1ccc(O)cc1. The van der Waals surface area contributed by atoms with Crippen LogP contribution in [-0.4, -0.2) is 16.7 Å². The van der Waals surface area contributed by atoms with Crippen molar-refractivity contribution in [2.75, 3.05) is 0 Å². The third-order valence-corrected chi connectivity index (χ3v) is 5.24. The Morgan fingerprint density at radius 2 is 1.92 bits per heavy atom. The number of fused-ring (bicyclic) bond motifs is 1. The minimum atomic E-state index is -0.328. The standard InChI is InChI=1S/C18H15ClN2O2S/c1-2-14(11-7-9-12(22)10-8-11)20-21-18(23)17-16(19)13-5-3-4-6-15(13)24-17/h3-10,22H,2H2,1H3,(H,21,23)/b20-14+. The molecule has 1 amide bonds. The van der Waals surface area contributed by atoms with Crippen molar-refractivity contribution < 1.29 is 9.90 Å². The van der Waals surface area contributed by atoms with Gasteiger partial charge in [-0.3, -0.25) is 4.79 Å². The van der Waals surface area contributed by atoms with Crippen LogP contribution in [0.25, 0.3) is 10.1 Å². The Balaban J connectivity index is 1.84. The number of amides is 1. The number of phenols is 1. The molecule has 6 heteroatoms. The molecule has 1 aromatic heterocycles. The lowest BCUT2D eigenvalue weighted by Gasteiger charge is -2.05. The van der Waals surface area contributed by atoms with Crippen molar-refractivity contribution in [3.8, 4) is 5.75 Å². The molecule has 2 aromatic carbocycles. The fourth-order valence-corrected chi connectivity index (χ4v) is 3.74. The molecule has 0 atom stereocenters. The van der Waals surface area contributed by atoms with Crippen LogP contribution >= 0.6 is 22.9 Å². The number of nitrogens with zero attached hydrogens (tertiary/aromatic N) is 1. The van der Waals surface area contributed by atoms with E-state index in [4.69, 9.17) is 11.6 Å². The van der Waals surface area contributed by atoms with Gasteiger partial charge in [-0.1, -0.05) is 36.7 Å². The molecule has 0 aliphatic rings. The number of benzene rings is 2. The van der Waals surface area contributed by atoms with E-state index in [0.717, 1.165) is 21.4 Å². The molecule has 0 aliphatic heterocycles. The van der Waals surface area contributed by atoms with Gasteiger partial charge in [0.25, 0.3) is 5.91 Å². The summed E-state index contributed by atoms with van der Waals surface area (Å²) in [6.07, 6.45) is 0.644. The third kappa shape index (κ3) is 3.27. The second-order valence-corrected chi connectivity index (χ2v) is 6.57. The summed E-state index contributed by atoms with van der Waals surface area (Å²) < 4.78 is 0.964. The van der Waals surface area contributed by atoms with E-state index in [1.54, 1.807) is 24.3 Å². The summed E-state index contributed by atoms with van der Waals surface area (Å²) in [5.41, 5.74) is 4.15. The molecule has 3 aromatic rings. The van der Waals surface area contributed by atoms with Crippen molar-refractivity contribution in [3.63, 3.8) is 0 Å². The van der Waals surface area contributed by atoms with Crippen molar-refractivity contribution in [2.24, 2.45) is 5.10 Å². The van der Waals surface area contributed by atoms with Crippen molar-refractivity contribution in [3.05, 3.63) is 64.0 Å². The fourth-order valence-electron chi connectivity index (χ4n) is 2.33. The van der Waals surface area contributed by atoms with E-state index in [-0.39, 0.29) is 11.7 Å². The lowest BCUT2D eigenvalue weighted by Crippen LogP contribution is -2.19. The second kappa shape index (κ2) is 7.03. The molecule has 0 aliphatic carbocycles. The number of phenolic OH excluding ortho intramolecular Hbond substituents is 1. The predicted octanol–water partition coefficient (Wildman–Crippen LogP) is 4.80. The minimum absolute atomic E-state index is 0.190. The van der Waals surface area contributed by atoms with E-state index in [9.17, 15) is 9.90 Å². The Labute approximate surface area is 148 Å². The van der Waals surface area contributed by atoms with Crippen LogP contribution in [-0.2, 0) is 0 Å². The number of rotatable bonds is 4. The highest BCUT2D eigenvalue weighted by molar-refractivity contribution is 7.21. The van der Waals surface area contributed by atoms with Crippen LogP contribution < -0.4 is 5.43 Å². The Morgan fingerprint density at radius 3 is 2.58 bits per heavy atom. The molecule has 4 nitrogen and oxygen atoms in total. The number of hydrogen-bond donors (Lipinski definition) is 2. The number of aromatic hydroxyl groups is 1. The van der Waals surface area contributed by atoms with E-state index in [2.05, 4.69) is 10.5 Å². The van der Waals surface area contributed by atoms with Gasteiger partial charge < -0.3 is 5.11 Å². The van der Waals surface area contributed by atoms with Gasteiger partial charge in [-0.05, 0) is 42.3 Å². The van der Waals surface area contributed by atoms with E-state index >= 15 is 0 Å². The largest absolute Gasteiger partial charge is 0.508 e. The minimum Gasteiger partial charge on any atom is -0.508 e. The van der Waals surface area contributed by atoms with E-state index < -0.39 is 0 Å². The molecule has 0 saturated heterocycles. The van der Waals surface area contributed by atoms with Gasteiger partial charge in [0.15, 0.2) is 0 Å². The summed E-state index contributed by atoms with van der Waals surface area (Å²) in [5, 5.41) is 14.9. The van der Waals surface area contributed by atoms with Crippen molar-refractivity contribution >= 4 is 44.6 Å². The molecule has 1 heterocycles. The van der Waals surface area contributed by atoms with Crippen LogP contribution in [0.15, 0.2) is 53.6 Å². The first-order valence-electron chi connectivity index (χ1n) is 7.43. The fraction of sp³-hybridized carbons (Fsp3) is 0.111. The van der Waals surface area contributed by atoms with Gasteiger partial charge in [0.2, 0.25) is 0 Å². The number of carbonyl (C=O) groups is 1. The normalized spacial score (nSPS) is 11.7. The first-order valence-corrected chi connectivity index (χ1v) is 8.63. The molecular formula is C18H15ClN2O2S. The van der Waals surface area contributed by atoms with Gasteiger partial charge in [-0.25, -0.2) is 5.43 Å². The van der Waals surface area contributed by atoms with E-state index in [1.807, 2.05) is 31.2 Å². The highest BCUT2D eigenvalue weighted by Gasteiger charge is 2.16. The van der Waals surface area contributed by atoms with Gasteiger partial charge in [-0.2, -0.15) is 5.10 Å². The Kier molecular flexibility index (Phi) is 4.83. The molecule has 2 N–H and O–H groups in total. The molecule has 0 unspecified atom stereocenters. The summed E-state index contributed by atoms with van der Waals surface area (Å²) >= 11 is 7.65. The number of thiophene rings is 1. The van der Waals surface area contributed by atoms with E-state index in [1.165, 1.54) is 11.3 Å². The van der Waals surface area contributed by atoms with Gasteiger partial charge >= 0.3 is 0 Å². The molecule has 122 valence electrons. The quantitative estimate of drug-likeness (QED) is 0.519. The molecule has 3 rings (SSSR count). The first-order chi connectivity index (χ1) is 11.6. The average molecular weight is 359 g/mol. The van der Waals surface area contributed by atoms with Gasteiger partial charge in [0.1, 0.15) is 10.6 Å². The van der Waals surface area contributed by atoms with Crippen LogP contribution in [0.5, 0.6) is 5.75 Å². The topological polar surface area (TPSA) is 61.7 Å². The van der Waals surface area contributed by atoms with Crippen molar-refractivity contribution in [1.29, 1.82) is 0 Å². The lowest BCUT2D eigenvalue weighted by molar-refractivity contribution is 0.0959. The first kappa shape index (κ1) is 16.5. The van der Waals surface area contributed by atoms with Crippen molar-refractivity contribution in [1.82, 2.24) is 5.43 Å². The maximum Gasteiger partial charge on any atom is 0.283 e. The van der Waals surface area contributed by atoms with Crippen molar-refractivity contribution in [2.45, 2.75) is 13.3 Å². The summed E-state index contributed by atoms with van der Waals surface area (Å²) in [6, 6.07) is 14.3. The highest BCUT2D eigenvalue weighted by Crippen LogP contribution is 2.34. The molecule has 0 radical (unpaired) electrons. The maximum absolute atomic E-state index is 12.4. The predicted molar refractivity (Wildman–Crippen MR) is 99.2 cm³/mol. The zero-order valence-electron chi connectivity index (χ0n) is 12.9. The van der Waals surface area contributed by atoms with Crippen LogP contribution in [0.1, 0.15) is 28.6 Å². The molecule has 0 spiro atoms. The van der Waals surface area contributed by atoms with E-state index in [0.29, 0.717) is 16.3 Å². The lowest BCUT2D eigenvalue weighted by atomic mass is 10.1. The summed E-state index contributed by atoms with van der Waals surface area (Å²) in [5.74, 6) is -0.138. The van der Waals surface area contributed by atoms with Gasteiger partial charge in [-0.15, -0.1) is 11.3 Å². The third-order valence-electron chi connectivity index (χ3n) is 3.57. The molecule has 0 saturated carbocycles.